The average molecular weight is 380 g/mol. The molecule has 3 fully saturated rings. The Morgan fingerprint density at radius 1 is 0.655 bits per heavy atom. The van der Waals surface area contributed by atoms with Gasteiger partial charge in [0, 0.05) is 18.7 Å². The summed E-state index contributed by atoms with van der Waals surface area (Å²) in [5.41, 5.74) is 3.00. The molecule has 3 heterocycles. The van der Waals surface area contributed by atoms with Gasteiger partial charge in [-0.15, -0.1) is 0 Å². The highest BCUT2D eigenvalue weighted by Gasteiger charge is 2.52. The Bertz CT molecular complexity index is 1190. The molecule has 7 rings (SSSR count). The van der Waals surface area contributed by atoms with E-state index in [4.69, 9.17) is 0 Å². The number of fused-ring (bicyclic) bond motifs is 5. The van der Waals surface area contributed by atoms with Crippen molar-refractivity contribution < 1.29 is 4.48 Å². The Labute approximate surface area is 172 Å². The van der Waals surface area contributed by atoms with Crippen molar-refractivity contribution in [3.8, 4) is 0 Å². The summed E-state index contributed by atoms with van der Waals surface area (Å²) >= 11 is 0. The molecule has 2 heteroatoms. The molecule has 0 unspecified atom stereocenters. The number of hydrogen-bond donors (Lipinski definition) is 0. The highest BCUT2D eigenvalue weighted by molar-refractivity contribution is 5.88. The van der Waals surface area contributed by atoms with E-state index >= 15 is 0 Å². The van der Waals surface area contributed by atoms with Gasteiger partial charge in [0.1, 0.15) is 6.04 Å². The zero-order valence-corrected chi connectivity index (χ0v) is 17.0. The number of quaternary nitrogens is 1. The fourth-order valence-corrected chi connectivity index (χ4v) is 5.92. The Hall–Kier alpha value is -2.68. The van der Waals surface area contributed by atoms with Crippen molar-refractivity contribution in [3.63, 3.8) is 0 Å². The Morgan fingerprint density at radius 2 is 1.17 bits per heavy atom. The molecule has 0 aliphatic carbocycles. The normalized spacial score (nSPS) is 28.8. The standard InChI is InChI=1S/C27H27N2/c1-29-18-16-28(17-19-29)26(24-14-6-10-20-8-2-4-12-22(20)24)27(29)25-15-7-11-21-9-3-5-13-23(21)25/h2-15,26-27H,16-19H2,1H3/q+1/t26-,27+/m1/s1. The minimum absolute atomic E-state index is 0.416. The molecule has 0 N–H and O–H groups in total. The minimum atomic E-state index is 0.416. The van der Waals surface area contributed by atoms with Crippen molar-refractivity contribution in [1.82, 2.24) is 4.90 Å². The highest BCUT2D eigenvalue weighted by atomic mass is 15.5. The van der Waals surface area contributed by atoms with Crippen LogP contribution in [0.3, 0.4) is 0 Å². The zero-order chi connectivity index (χ0) is 19.4. The predicted octanol–water partition coefficient (Wildman–Crippen LogP) is 5.55. The SMILES string of the molecule is C[N+]12CCN(CC1)[C@H](c1cccc3ccccc13)[C@@H]2c1cccc2ccccc12. The molecule has 0 radical (unpaired) electrons. The van der Waals surface area contributed by atoms with Gasteiger partial charge in [0.15, 0.2) is 0 Å². The molecule has 29 heavy (non-hydrogen) atoms. The van der Waals surface area contributed by atoms with Crippen LogP contribution in [0.4, 0.5) is 0 Å². The largest absolute Gasteiger partial charge is 0.316 e. The molecule has 3 saturated heterocycles. The van der Waals surface area contributed by atoms with Crippen LogP contribution in [-0.4, -0.2) is 42.6 Å². The molecular formula is C27H27N2+. The fourth-order valence-electron chi connectivity index (χ4n) is 5.92. The van der Waals surface area contributed by atoms with Gasteiger partial charge in [0.25, 0.3) is 0 Å². The van der Waals surface area contributed by atoms with E-state index in [-0.39, 0.29) is 0 Å². The Balaban J connectivity index is 1.62. The van der Waals surface area contributed by atoms with E-state index in [1.807, 2.05) is 0 Å². The van der Waals surface area contributed by atoms with Crippen LogP contribution < -0.4 is 0 Å². The number of likely N-dealkylation sites (N-methyl/N-ethyl adjacent to an activating group) is 1. The molecule has 0 aromatic heterocycles. The van der Waals surface area contributed by atoms with Crippen LogP contribution in [0.2, 0.25) is 0 Å². The van der Waals surface area contributed by atoms with Crippen LogP contribution in [0.1, 0.15) is 23.2 Å². The summed E-state index contributed by atoms with van der Waals surface area (Å²) in [4.78, 5) is 2.75. The average Bonchev–Trinajstić information content (AvgIpc) is 2.78. The van der Waals surface area contributed by atoms with E-state index in [2.05, 4.69) is 96.9 Å². The summed E-state index contributed by atoms with van der Waals surface area (Å²) < 4.78 is 1.14. The molecule has 2 nitrogen and oxygen atoms in total. The lowest BCUT2D eigenvalue weighted by molar-refractivity contribution is -0.958. The molecule has 144 valence electrons. The van der Waals surface area contributed by atoms with E-state index in [1.54, 1.807) is 0 Å². The van der Waals surface area contributed by atoms with E-state index in [0.717, 1.165) is 4.48 Å². The maximum atomic E-state index is 2.75. The van der Waals surface area contributed by atoms with Crippen LogP contribution in [0.25, 0.3) is 21.5 Å². The lowest BCUT2D eigenvalue weighted by atomic mass is 9.81. The van der Waals surface area contributed by atoms with Crippen molar-refractivity contribution in [2.24, 2.45) is 0 Å². The minimum Gasteiger partial charge on any atom is -0.316 e. The first-order chi connectivity index (χ1) is 14.2. The van der Waals surface area contributed by atoms with Gasteiger partial charge in [-0.25, -0.2) is 0 Å². The molecule has 3 aliphatic rings. The van der Waals surface area contributed by atoms with Gasteiger partial charge in [0.05, 0.1) is 26.2 Å². The molecule has 0 saturated carbocycles. The van der Waals surface area contributed by atoms with Gasteiger partial charge in [-0.2, -0.15) is 0 Å². The first-order valence-electron chi connectivity index (χ1n) is 10.8. The topological polar surface area (TPSA) is 3.24 Å². The predicted molar refractivity (Wildman–Crippen MR) is 121 cm³/mol. The number of benzene rings is 4. The van der Waals surface area contributed by atoms with Crippen LogP contribution in [0.15, 0.2) is 84.9 Å². The van der Waals surface area contributed by atoms with Gasteiger partial charge in [0.2, 0.25) is 0 Å². The molecule has 0 amide bonds. The maximum absolute atomic E-state index is 2.75. The van der Waals surface area contributed by atoms with Crippen molar-refractivity contribution in [1.29, 1.82) is 0 Å². The second-order valence-corrected chi connectivity index (χ2v) is 8.99. The zero-order valence-electron chi connectivity index (χ0n) is 17.0. The van der Waals surface area contributed by atoms with Crippen LogP contribution in [0.5, 0.6) is 0 Å². The highest BCUT2D eigenvalue weighted by Crippen LogP contribution is 2.50. The summed E-state index contributed by atoms with van der Waals surface area (Å²) in [7, 11) is 2.49. The second kappa shape index (κ2) is 6.41. The number of hydrogen-bond acceptors (Lipinski definition) is 1. The molecule has 2 atom stereocenters. The first-order valence-corrected chi connectivity index (χ1v) is 10.8. The third kappa shape index (κ3) is 2.56. The fraction of sp³-hybridized carbons (Fsp3) is 0.259. The quantitative estimate of drug-likeness (QED) is 0.413. The van der Waals surface area contributed by atoms with Crippen molar-refractivity contribution in [3.05, 3.63) is 96.1 Å². The van der Waals surface area contributed by atoms with Crippen LogP contribution in [-0.2, 0) is 0 Å². The second-order valence-electron chi connectivity index (χ2n) is 8.99. The van der Waals surface area contributed by atoms with E-state index in [1.165, 1.54) is 58.9 Å². The van der Waals surface area contributed by atoms with Gasteiger partial charge in [-0.3, -0.25) is 4.90 Å². The Kier molecular flexibility index (Phi) is 3.80. The smallest absolute Gasteiger partial charge is 0.135 e. The van der Waals surface area contributed by atoms with Gasteiger partial charge >= 0.3 is 0 Å². The summed E-state index contributed by atoms with van der Waals surface area (Å²) in [6, 6.07) is 32.4. The lowest BCUT2D eigenvalue weighted by Gasteiger charge is -2.58. The first kappa shape index (κ1) is 17.2. The van der Waals surface area contributed by atoms with Crippen LogP contribution in [0, 0.1) is 0 Å². The maximum Gasteiger partial charge on any atom is 0.135 e. The van der Waals surface area contributed by atoms with Gasteiger partial charge in [-0.05, 0) is 27.1 Å². The summed E-state index contributed by atoms with van der Waals surface area (Å²) in [5, 5.41) is 5.52. The van der Waals surface area contributed by atoms with Crippen molar-refractivity contribution in [2.75, 3.05) is 33.2 Å². The lowest BCUT2D eigenvalue weighted by Crippen LogP contribution is -2.67. The summed E-state index contributed by atoms with van der Waals surface area (Å²) in [6.07, 6.45) is 0. The van der Waals surface area contributed by atoms with E-state index in [9.17, 15) is 0 Å². The number of nitrogens with zero attached hydrogens (tertiary/aromatic N) is 2. The molecule has 0 spiro atoms. The molecule has 4 aromatic carbocycles. The summed E-state index contributed by atoms with van der Waals surface area (Å²) in [5.74, 6) is 0. The molecule has 4 aromatic rings. The third-order valence-corrected chi connectivity index (χ3v) is 7.44. The van der Waals surface area contributed by atoms with E-state index in [0.29, 0.717) is 12.1 Å². The Morgan fingerprint density at radius 3 is 1.83 bits per heavy atom. The van der Waals surface area contributed by atoms with Gasteiger partial charge < -0.3 is 4.48 Å². The van der Waals surface area contributed by atoms with Gasteiger partial charge in [-0.1, -0.05) is 84.9 Å². The van der Waals surface area contributed by atoms with E-state index < -0.39 is 0 Å². The number of rotatable bonds is 2. The number of piperazine rings is 3. The molecule has 2 bridgehead atoms. The summed E-state index contributed by atoms with van der Waals surface area (Å²) in [6.45, 7) is 4.83. The molecular weight excluding hydrogens is 352 g/mol. The molecule has 3 aliphatic heterocycles. The van der Waals surface area contributed by atoms with Crippen molar-refractivity contribution in [2.45, 2.75) is 12.1 Å². The van der Waals surface area contributed by atoms with Crippen LogP contribution >= 0.6 is 0 Å². The monoisotopic (exact) mass is 379 g/mol. The third-order valence-electron chi connectivity index (χ3n) is 7.44. The van der Waals surface area contributed by atoms with Crippen molar-refractivity contribution >= 4 is 21.5 Å².